The molecule has 0 bridgehead atoms. The molecule has 1 unspecified atom stereocenters. The largest absolute Gasteiger partial charge is 0.327 e. The maximum Gasteiger partial charge on any atom is 0.327 e. The number of urea groups is 1. The molecule has 2 aromatic carbocycles. The van der Waals surface area contributed by atoms with Crippen molar-refractivity contribution in [2.24, 2.45) is 0 Å². The van der Waals surface area contributed by atoms with Gasteiger partial charge in [0.05, 0.1) is 0 Å². The van der Waals surface area contributed by atoms with E-state index in [1.54, 1.807) is 0 Å². The van der Waals surface area contributed by atoms with Crippen molar-refractivity contribution in [3.05, 3.63) is 71.3 Å². The first kappa shape index (κ1) is 19.2. The molecule has 1 fully saturated rings. The van der Waals surface area contributed by atoms with E-state index >= 15 is 0 Å². The van der Waals surface area contributed by atoms with Crippen molar-refractivity contribution in [2.75, 3.05) is 13.4 Å². The van der Waals surface area contributed by atoms with Crippen molar-refractivity contribution in [2.45, 2.75) is 5.54 Å². The second-order valence-electron chi connectivity index (χ2n) is 5.99. The fraction of sp³-hybridized carbons (Fsp3) is 0.176. The standard InChI is InChI=1S/C17H15F2N2O5P/c1-27(24,25)26-10-21-15(22)17(20-16(21)23,11-2-6-13(18)7-3-11)12-4-8-14(19)9-5-12/h2-9H,10H2,1H3,(H,20,23)(H,24,25). The van der Waals surface area contributed by atoms with Crippen LogP contribution in [0.3, 0.4) is 0 Å². The average molecular weight is 396 g/mol. The van der Waals surface area contributed by atoms with Gasteiger partial charge in [0.1, 0.15) is 18.4 Å². The van der Waals surface area contributed by atoms with Gasteiger partial charge < -0.3 is 10.2 Å². The van der Waals surface area contributed by atoms with Crippen LogP contribution in [0.2, 0.25) is 0 Å². The van der Waals surface area contributed by atoms with Gasteiger partial charge in [0.15, 0.2) is 5.54 Å². The maximum absolute atomic E-state index is 13.3. The van der Waals surface area contributed by atoms with Crippen LogP contribution in [0.4, 0.5) is 13.6 Å². The normalized spacial score (nSPS) is 18.3. The number of nitrogens with zero attached hydrogens (tertiary/aromatic N) is 1. The van der Waals surface area contributed by atoms with Crippen LogP contribution in [0.1, 0.15) is 11.1 Å². The Balaban J connectivity index is 2.09. The topological polar surface area (TPSA) is 95.9 Å². The molecule has 0 aromatic heterocycles. The lowest BCUT2D eigenvalue weighted by molar-refractivity contribution is -0.132. The monoisotopic (exact) mass is 396 g/mol. The number of imide groups is 1. The van der Waals surface area contributed by atoms with Gasteiger partial charge in [-0.1, -0.05) is 24.3 Å². The summed E-state index contributed by atoms with van der Waals surface area (Å²) in [6, 6.07) is 8.87. The third kappa shape index (κ3) is 3.62. The van der Waals surface area contributed by atoms with Gasteiger partial charge in [-0.2, -0.15) is 0 Å². The molecule has 2 N–H and O–H groups in total. The first-order valence-electron chi connectivity index (χ1n) is 7.74. The molecule has 27 heavy (non-hydrogen) atoms. The molecule has 1 heterocycles. The molecule has 0 spiro atoms. The van der Waals surface area contributed by atoms with Crippen LogP contribution in [0.5, 0.6) is 0 Å². The van der Waals surface area contributed by atoms with Crippen LogP contribution in [0.15, 0.2) is 48.5 Å². The lowest BCUT2D eigenvalue weighted by Gasteiger charge is -2.28. The molecule has 1 aliphatic rings. The third-order valence-electron chi connectivity index (χ3n) is 4.09. The summed E-state index contributed by atoms with van der Waals surface area (Å²) in [5.74, 6) is -1.89. The number of amides is 3. The van der Waals surface area contributed by atoms with E-state index in [4.69, 9.17) is 4.52 Å². The number of benzene rings is 2. The van der Waals surface area contributed by atoms with Crippen LogP contribution in [-0.2, 0) is 19.4 Å². The number of hydrogen-bond donors (Lipinski definition) is 2. The minimum absolute atomic E-state index is 0.236. The molecule has 7 nitrogen and oxygen atoms in total. The summed E-state index contributed by atoms with van der Waals surface area (Å²) in [6.07, 6.45) is 0. The molecular weight excluding hydrogens is 381 g/mol. The summed E-state index contributed by atoms with van der Waals surface area (Å²) >= 11 is 0. The lowest BCUT2D eigenvalue weighted by Crippen LogP contribution is -2.45. The molecule has 0 radical (unpaired) electrons. The summed E-state index contributed by atoms with van der Waals surface area (Å²) < 4.78 is 42.7. The highest BCUT2D eigenvalue weighted by atomic mass is 31.2. The average Bonchev–Trinajstić information content (AvgIpc) is 2.85. The zero-order chi connectivity index (χ0) is 19.8. The van der Waals surface area contributed by atoms with Crippen molar-refractivity contribution in [3.63, 3.8) is 0 Å². The summed E-state index contributed by atoms with van der Waals surface area (Å²) in [5, 5.41) is 2.52. The second kappa shape index (κ2) is 6.84. The smallest absolute Gasteiger partial charge is 0.324 e. The summed E-state index contributed by atoms with van der Waals surface area (Å²) in [4.78, 5) is 35.4. The number of hydrogen-bond acceptors (Lipinski definition) is 4. The van der Waals surface area contributed by atoms with Crippen molar-refractivity contribution >= 4 is 19.5 Å². The SMILES string of the molecule is CP(=O)(O)OCN1C(=O)NC(c2ccc(F)cc2)(c2ccc(F)cc2)C1=O. The number of rotatable bonds is 5. The van der Waals surface area contributed by atoms with Crippen molar-refractivity contribution in [1.82, 2.24) is 10.2 Å². The number of nitrogens with one attached hydrogen (secondary N) is 1. The molecule has 1 atom stereocenters. The van der Waals surface area contributed by atoms with Gasteiger partial charge in [0.25, 0.3) is 5.91 Å². The van der Waals surface area contributed by atoms with Crippen LogP contribution in [0.25, 0.3) is 0 Å². The Hall–Kier alpha value is -2.61. The van der Waals surface area contributed by atoms with E-state index in [-0.39, 0.29) is 11.1 Å². The predicted octanol–water partition coefficient (Wildman–Crippen LogP) is 2.55. The molecule has 1 saturated heterocycles. The number of carbonyl (C=O) groups excluding carboxylic acids is 2. The summed E-state index contributed by atoms with van der Waals surface area (Å²) in [5.41, 5.74) is -1.28. The molecular formula is C17H15F2N2O5P. The Bertz CT molecular complexity index is 882. The first-order valence-corrected chi connectivity index (χ1v) is 9.77. The van der Waals surface area contributed by atoms with Crippen molar-refractivity contribution in [3.8, 4) is 0 Å². The Morgan fingerprint density at radius 3 is 1.89 bits per heavy atom. The Labute approximate surface area is 153 Å². The molecule has 1 aliphatic heterocycles. The van der Waals surface area contributed by atoms with Gasteiger partial charge in [0, 0.05) is 6.66 Å². The van der Waals surface area contributed by atoms with Gasteiger partial charge >= 0.3 is 13.6 Å². The Morgan fingerprint density at radius 1 is 1.04 bits per heavy atom. The zero-order valence-electron chi connectivity index (χ0n) is 14.1. The molecule has 10 heteroatoms. The highest BCUT2D eigenvalue weighted by molar-refractivity contribution is 7.51. The van der Waals surface area contributed by atoms with Gasteiger partial charge in [-0.15, -0.1) is 0 Å². The van der Waals surface area contributed by atoms with Gasteiger partial charge in [-0.05, 0) is 35.4 Å². The van der Waals surface area contributed by atoms with Crippen LogP contribution in [0, 0.1) is 11.6 Å². The van der Waals surface area contributed by atoms with E-state index < -0.39 is 43.4 Å². The summed E-state index contributed by atoms with van der Waals surface area (Å²) in [6.45, 7) is 0.164. The number of halogens is 2. The van der Waals surface area contributed by atoms with Crippen molar-refractivity contribution in [1.29, 1.82) is 0 Å². The van der Waals surface area contributed by atoms with Gasteiger partial charge in [-0.3, -0.25) is 13.9 Å². The molecule has 0 saturated carbocycles. The molecule has 3 amide bonds. The molecule has 0 aliphatic carbocycles. The Kier molecular flexibility index (Phi) is 4.86. The van der Waals surface area contributed by atoms with E-state index in [1.807, 2.05) is 0 Å². The second-order valence-corrected chi connectivity index (χ2v) is 7.85. The minimum atomic E-state index is -3.94. The zero-order valence-corrected chi connectivity index (χ0v) is 15.0. The van der Waals surface area contributed by atoms with E-state index in [2.05, 4.69) is 5.32 Å². The van der Waals surface area contributed by atoms with Crippen molar-refractivity contribution < 1.29 is 32.4 Å². The van der Waals surface area contributed by atoms with E-state index in [1.165, 1.54) is 24.3 Å². The minimum Gasteiger partial charge on any atom is -0.324 e. The fourth-order valence-corrected chi connectivity index (χ4v) is 3.15. The van der Waals surface area contributed by atoms with E-state index in [0.29, 0.717) is 4.90 Å². The van der Waals surface area contributed by atoms with Crippen LogP contribution in [-0.4, -0.2) is 35.1 Å². The third-order valence-corrected chi connectivity index (χ3v) is 4.68. The maximum atomic E-state index is 13.3. The predicted molar refractivity (Wildman–Crippen MR) is 90.7 cm³/mol. The van der Waals surface area contributed by atoms with E-state index in [0.717, 1.165) is 30.9 Å². The fourth-order valence-electron chi connectivity index (χ4n) is 2.82. The van der Waals surface area contributed by atoms with E-state index in [9.17, 15) is 27.8 Å². The van der Waals surface area contributed by atoms with Gasteiger partial charge in [-0.25, -0.2) is 18.5 Å². The van der Waals surface area contributed by atoms with Crippen LogP contribution < -0.4 is 5.32 Å². The highest BCUT2D eigenvalue weighted by Crippen LogP contribution is 2.40. The highest BCUT2D eigenvalue weighted by Gasteiger charge is 2.54. The first-order chi connectivity index (χ1) is 12.6. The Morgan fingerprint density at radius 2 is 1.48 bits per heavy atom. The number of carbonyl (C=O) groups is 2. The molecule has 3 rings (SSSR count). The van der Waals surface area contributed by atoms with Crippen LogP contribution >= 0.6 is 7.60 Å². The lowest BCUT2D eigenvalue weighted by atomic mass is 9.82. The quantitative estimate of drug-likeness (QED) is 0.598. The molecule has 2 aromatic rings. The summed E-state index contributed by atoms with van der Waals surface area (Å²) in [7, 11) is -3.94. The molecule has 142 valence electrons. The van der Waals surface area contributed by atoms with Gasteiger partial charge in [0.2, 0.25) is 0 Å².